The highest BCUT2D eigenvalue weighted by Crippen LogP contribution is 2.47. The van der Waals surface area contributed by atoms with Crippen molar-refractivity contribution in [3.8, 4) is 11.5 Å². The average molecular weight is 418 g/mol. The van der Waals surface area contributed by atoms with E-state index in [0.29, 0.717) is 17.1 Å². The summed E-state index contributed by atoms with van der Waals surface area (Å²) >= 11 is 0. The van der Waals surface area contributed by atoms with Crippen molar-refractivity contribution in [2.45, 2.75) is 32.1 Å². The molecular formula is C20H20NO7S-3. The van der Waals surface area contributed by atoms with Gasteiger partial charge in [-0.2, -0.15) is 0 Å². The number of benzene rings is 2. The smallest absolute Gasteiger partial charge is 0.133 e. The van der Waals surface area contributed by atoms with E-state index in [-0.39, 0.29) is 0 Å². The van der Waals surface area contributed by atoms with Crippen molar-refractivity contribution in [1.29, 1.82) is 0 Å². The van der Waals surface area contributed by atoms with E-state index < -0.39 is 22.3 Å². The van der Waals surface area contributed by atoms with Crippen LogP contribution in [0.3, 0.4) is 0 Å². The Morgan fingerprint density at radius 1 is 1.14 bits per heavy atom. The van der Waals surface area contributed by atoms with Gasteiger partial charge in [0.05, 0.1) is 11.9 Å². The lowest BCUT2D eigenvalue weighted by molar-refractivity contribution is -0.306. The maximum atomic E-state index is 11.9. The van der Waals surface area contributed by atoms with Crippen molar-refractivity contribution in [3.63, 3.8) is 0 Å². The van der Waals surface area contributed by atoms with Crippen molar-refractivity contribution in [2.24, 2.45) is 0 Å². The number of carboxylic acids is 1. The van der Waals surface area contributed by atoms with E-state index in [0.717, 1.165) is 36.3 Å². The second-order valence-electron chi connectivity index (χ2n) is 6.86. The average Bonchev–Trinajstić information content (AvgIpc) is 3.18. The number of carboxylic acid groups (broad SMARTS) is 1. The number of fused-ring (bicyclic) bond motifs is 2. The quantitative estimate of drug-likeness (QED) is 0.541. The predicted molar refractivity (Wildman–Crippen MR) is 101 cm³/mol. The number of carbonyl (C=O) groups excluding carboxylic acids is 1. The normalized spacial score (nSPS) is 17.5. The van der Waals surface area contributed by atoms with Gasteiger partial charge in [-0.1, -0.05) is 25.1 Å². The molecule has 156 valence electrons. The summed E-state index contributed by atoms with van der Waals surface area (Å²) in [6.45, 7) is 4.14. The largest absolute Gasteiger partial charge is 0.759 e. The molecule has 29 heavy (non-hydrogen) atoms. The number of rotatable bonds is 3. The van der Waals surface area contributed by atoms with E-state index in [1.807, 2.05) is 30.3 Å². The molecule has 0 spiro atoms. The number of hydrogen-bond acceptors (Lipinski definition) is 8. The highest BCUT2D eigenvalue weighted by atomic mass is 32.3. The van der Waals surface area contributed by atoms with Crippen LogP contribution in [0.15, 0.2) is 36.4 Å². The van der Waals surface area contributed by atoms with Crippen LogP contribution >= 0.6 is 0 Å². The summed E-state index contributed by atoms with van der Waals surface area (Å²) < 4.78 is 40.2. The summed E-state index contributed by atoms with van der Waals surface area (Å²) in [6, 6.07) is 11.5. The summed E-state index contributed by atoms with van der Waals surface area (Å²) in [4.78, 5) is 14.3. The number of aliphatic carboxylic acids is 1. The van der Waals surface area contributed by atoms with Crippen LogP contribution in [-0.4, -0.2) is 36.6 Å². The van der Waals surface area contributed by atoms with Gasteiger partial charge in [-0.15, -0.1) is 0 Å². The van der Waals surface area contributed by atoms with Gasteiger partial charge < -0.3 is 28.6 Å². The van der Waals surface area contributed by atoms with Crippen LogP contribution in [0, 0.1) is 0 Å². The summed E-state index contributed by atoms with van der Waals surface area (Å²) in [7, 11) is -5.17. The minimum absolute atomic E-state index is 0.611. The molecule has 2 aliphatic rings. The zero-order valence-electron chi connectivity index (χ0n) is 15.8. The number of ether oxygens (including phenoxy) is 1. The molecule has 1 atom stereocenters. The van der Waals surface area contributed by atoms with E-state index >= 15 is 0 Å². The Balaban J connectivity index is 0.000000431. The predicted octanol–water partition coefficient (Wildman–Crippen LogP) is 1.50. The number of hydrogen-bond donors (Lipinski definition) is 0. The molecular weight excluding hydrogens is 398 g/mol. The van der Waals surface area contributed by atoms with Crippen LogP contribution < -0.4 is 14.7 Å². The zero-order valence-corrected chi connectivity index (χ0v) is 16.6. The van der Waals surface area contributed by atoms with Crippen LogP contribution in [-0.2, 0) is 21.6 Å². The van der Waals surface area contributed by atoms with Crippen LogP contribution in [0.4, 0.5) is 5.69 Å². The zero-order chi connectivity index (χ0) is 21.2. The molecule has 2 aromatic carbocycles. The van der Waals surface area contributed by atoms with E-state index in [2.05, 4.69) is 17.9 Å². The highest BCUT2D eigenvalue weighted by molar-refractivity contribution is 7.79. The van der Waals surface area contributed by atoms with Crippen molar-refractivity contribution >= 4 is 22.1 Å². The molecule has 2 aromatic rings. The molecule has 0 aromatic heterocycles. The van der Waals surface area contributed by atoms with E-state index in [1.165, 1.54) is 12.8 Å². The van der Waals surface area contributed by atoms with Crippen molar-refractivity contribution in [1.82, 2.24) is 0 Å². The summed E-state index contributed by atoms with van der Waals surface area (Å²) in [6.07, 6.45) is 3.16. The Morgan fingerprint density at radius 3 is 2.34 bits per heavy atom. The number of nitrogens with zero attached hydrogens (tertiary/aromatic N) is 1. The minimum Gasteiger partial charge on any atom is -0.759 e. The van der Waals surface area contributed by atoms with Crippen molar-refractivity contribution in [3.05, 3.63) is 53.1 Å². The van der Waals surface area contributed by atoms with Gasteiger partial charge in [0, 0.05) is 46.4 Å². The third-order valence-corrected chi connectivity index (χ3v) is 5.04. The van der Waals surface area contributed by atoms with E-state index in [1.54, 1.807) is 0 Å². The van der Waals surface area contributed by atoms with Gasteiger partial charge in [0.1, 0.15) is 11.5 Å². The van der Waals surface area contributed by atoms with Gasteiger partial charge in [0.15, 0.2) is 0 Å². The molecule has 0 bridgehead atoms. The van der Waals surface area contributed by atoms with Gasteiger partial charge in [-0.05, 0) is 37.0 Å². The van der Waals surface area contributed by atoms with E-state index in [4.69, 9.17) is 22.3 Å². The molecule has 8 nitrogen and oxygen atoms in total. The van der Waals surface area contributed by atoms with Gasteiger partial charge in [-0.3, -0.25) is 8.42 Å². The molecule has 1 saturated heterocycles. The number of anilines is 1. The van der Waals surface area contributed by atoms with Crippen LogP contribution in [0.1, 0.15) is 42.4 Å². The fourth-order valence-corrected chi connectivity index (χ4v) is 3.86. The first-order valence-electron chi connectivity index (χ1n) is 9.25. The van der Waals surface area contributed by atoms with Crippen LogP contribution in [0.25, 0.3) is 0 Å². The maximum Gasteiger partial charge on any atom is 0.133 e. The number of para-hydroxylation sites is 1. The summed E-state index contributed by atoms with van der Waals surface area (Å²) in [5.41, 5.74) is 3.57. The SMILES string of the molecule is CCc1cc(N2CCCC2)cc2c1C(C(=O)[O-])c1ccccc1O2.O=S(=O)([O-])[O-]. The third kappa shape index (κ3) is 4.87. The Hall–Kier alpha value is -2.62. The lowest BCUT2D eigenvalue weighted by Gasteiger charge is -2.32. The fraction of sp³-hybridized carbons (Fsp3) is 0.350. The molecule has 0 amide bonds. The van der Waals surface area contributed by atoms with Gasteiger partial charge in [0.25, 0.3) is 0 Å². The number of aryl methyl sites for hydroxylation is 1. The second-order valence-corrected chi connectivity index (χ2v) is 7.68. The molecule has 0 radical (unpaired) electrons. The van der Waals surface area contributed by atoms with Gasteiger partial charge in [0.2, 0.25) is 0 Å². The Kier molecular flexibility index (Phi) is 6.11. The first-order valence-corrected chi connectivity index (χ1v) is 10.6. The van der Waals surface area contributed by atoms with Crippen molar-refractivity contribution < 1.29 is 32.2 Å². The van der Waals surface area contributed by atoms with Crippen LogP contribution in [0.5, 0.6) is 11.5 Å². The van der Waals surface area contributed by atoms with Crippen molar-refractivity contribution in [2.75, 3.05) is 18.0 Å². The van der Waals surface area contributed by atoms with E-state index in [9.17, 15) is 9.90 Å². The van der Waals surface area contributed by atoms with Gasteiger partial charge >= 0.3 is 0 Å². The Bertz CT molecular complexity index is 1010. The lowest BCUT2D eigenvalue weighted by Crippen LogP contribution is -2.33. The molecule has 0 saturated carbocycles. The Morgan fingerprint density at radius 2 is 1.76 bits per heavy atom. The first kappa shape index (κ1) is 21.1. The first-order chi connectivity index (χ1) is 13.7. The molecule has 2 aliphatic heterocycles. The standard InChI is InChI=1S/C20H21NO3.H2O4S/c1-2-13-11-14(21-9-5-6-10-21)12-17-18(13)19(20(22)23)15-7-3-4-8-16(15)24-17;1-5(2,3)4/h3-4,7-8,11-12,19H,2,5-6,9-10H2,1H3,(H,22,23);(H2,1,2,3,4)/p-3. The maximum absolute atomic E-state index is 11.9. The Labute approximate surface area is 169 Å². The highest BCUT2D eigenvalue weighted by Gasteiger charge is 2.31. The minimum atomic E-state index is -5.17. The van der Waals surface area contributed by atoms with Gasteiger partial charge in [-0.25, -0.2) is 0 Å². The number of carbonyl (C=O) groups is 1. The lowest BCUT2D eigenvalue weighted by atomic mass is 9.84. The molecule has 0 aliphatic carbocycles. The summed E-state index contributed by atoms with van der Waals surface area (Å²) in [5, 5.41) is 11.9. The summed E-state index contributed by atoms with van der Waals surface area (Å²) in [5.74, 6) is -0.577. The molecule has 1 unspecified atom stereocenters. The molecule has 1 fully saturated rings. The molecule has 4 rings (SSSR count). The second kappa shape index (κ2) is 8.40. The topological polar surface area (TPSA) is 133 Å². The monoisotopic (exact) mass is 418 g/mol. The molecule has 0 N–H and O–H groups in total. The molecule has 2 heterocycles. The van der Waals surface area contributed by atoms with Crippen LogP contribution in [0.2, 0.25) is 0 Å². The fourth-order valence-electron chi connectivity index (χ4n) is 3.86. The molecule has 9 heteroatoms. The third-order valence-electron chi connectivity index (χ3n) is 5.04.